The standard InChI is InChI=1S/C23H31NO2.C6H8O7/c1-5-25-19(3)24(20(4)26-6-2)18-23(22-15-11-8-12-16-22)17-21-13-9-7-10-14-21;7-3(8)1-6(13,5(11)12)2-4(9)10/h7-17,19-20H,5-6,18H2,1-4H3;13H,1-2H2,(H,7,8)(H,9,10)(H,11,12)/b23-17-;. The Labute approximate surface area is 229 Å². The van der Waals surface area contributed by atoms with Gasteiger partial charge in [-0.25, -0.2) is 9.69 Å². The number of ether oxygens (including phenoxy) is 2. The van der Waals surface area contributed by atoms with Gasteiger partial charge in [-0.3, -0.25) is 9.59 Å². The summed E-state index contributed by atoms with van der Waals surface area (Å²) in [7, 11) is 0. The molecule has 39 heavy (non-hydrogen) atoms. The second-order valence-corrected chi connectivity index (χ2v) is 8.71. The normalized spacial score (nSPS) is 13.2. The lowest BCUT2D eigenvalue weighted by atomic mass is 9.96. The maximum atomic E-state index is 10.3. The molecule has 214 valence electrons. The van der Waals surface area contributed by atoms with Crippen LogP contribution < -0.4 is 0 Å². The monoisotopic (exact) mass is 545 g/mol. The van der Waals surface area contributed by atoms with Gasteiger partial charge in [0.05, 0.1) is 12.8 Å². The zero-order chi connectivity index (χ0) is 29.4. The minimum Gasteiger partial charge on any atom is -0.481 e. The van der Waals surface area contributed by atoms with Crippen molar-refractivity contribution in [2.45, 2.75) is 58.6 Å². The molecular weight excluding hydrogens is 506 g/mol. The Morgan fingerprint density at radius 3 is 1.64 bits per heavy atom. The molecule has 2 atom stereocenters. The number of carboxylic acid groups (broad SMARTS) is 3. The molecule has 10 heteroatoms. The Kier molecular flexibility index (Phi) is 14.7. The Hall–Kier alpha value is -3.57. The van der Waals surface area contributed by atoms with E-state index < -0.39 is 36.4 Å². The van der Waals surface area contributed by atoms with Gasteiger partial charge in [0, 0.05) is 19.8 Å². The second-order valence-electron chi connectivity index (χ2n) is 8.71. The first-order chi connectivity index (χ1) is 18.4. The van der Waals surface area contributed by atoms with Crippen LogP contribution in [0.1, 0.15) is 51.7 Å². The SMILES string of the molecule is CCOC(C)N(C/C(=C/c1ccccc1)c1ccccc1)C(C)OCC.O=C(O)CC(O)(CC(=O)O)C(=O)O. The van der Waals surface area contributed by atoms with E-state index in [0.717, 1.165) is 6.54 Å². The number of nitrogens with zero attached hydrogens (tertiary/aromatic N) is 1. The molecule has 0 amide bonds. The van der Waals surface area contributed by atoms with E-state index in [2.05, 4.69) is 73.4 Å². The fraction of sp³-hybridized carbons (Fsp3) is 0.414. The van der Waals surface area contributed by atoms with Crippen molar-refractivity contribution in [2.75, 3.05) is 19.8 Å². The molecule has 10 nitrogen and oxygen atoms in total. The summed E-state index contributed by atoms with van der Waals surface area (Å²) in [6, 6.07) is 21.0. The smallest absolute Gasteiger partial charge is 0.336 e. The van der Waals surface area contributed by atoms with Gasteiger partial charge >= 0.3 is 17.9 Å². The zero-order valence-electron chi connectivity index (χ0n) is 22.8. The molecule has 0 saturated carbocycles. The fourth-order valence-corrected chi connectivity index (χ4v) is 3.76. The van der Waals surface area contributed by atoms with Gasteiger partial charge in [0.1, 0.15) is 12.5 Å². The molecule has 0 aromatic heterocycles. The number of benzene rings is 2. The average Bonchev–Trinajstić information content (AvgIpc) is 2.87. The molecule has 0 fully saturated rings. The number of carbonyl (C=O) groups is 3. The summed E-state index contributed by atoms with van der Waals surface area (Å²) in [6.07, 6.45) is -0.0861. The van der Waals surface area contributed by atoms with E-state index in [1.165, 1.54) is 16.7 Å². The van der Waals surface area contributed by atoms with Crippen LogP contribution in [0.15, 0.2) is 60.7 Å². The van der Waals surface area contributed by atoms with Gasteiger partial charge in [-0.05, 0) is 50.5 Å². The molecule has 2 aromatic rings. The third-order valence-electron chi connectivity index (χ3n) is 5.67. The topological polar surface area (TPSA) is 154 Å². The van der Waals surface area contributed by atoms with Gasteiger partial charge in [0.15, 0.2) is 5.60 Å². The highest BCUT2D eigenvalue weighted by Gasteiger charge is 2.40. The van der Waals surface area contributed by atoms with E-state index in [1.807, 2.05) is 26.0 Å². The first-order valence-corrected chi connectivity index (χ1v) is 12.6. The van der Waals surface area contributed by atoms with Crippen molar-refractivity contribution in [3.8, 4) is 0 Å². The molecule has 2 aromatic carbocycles. The Morgan fingerprint density at radius 1 is 0.821 bits per heavy atom. The quantitative estimate of drug-likeness (QED) is 0.190. The van der Waals surface area contributed by atoms with E-state index >= 15 is 0 Å². The summed E-state index contributed by atoms with van der Waals surface area (Å²) in [4.78, 5) is 32.7. The van der Waals surface area contributed by atoms with Crippen LogP contribution >= 0.6 is 0 Å². The molecule has 0 aliphatic heterocycles. The number of hydrogen-bond donors (Lipinski definition) is 4. The molecular formula is C29H39NO9. The molecule has 4 N–H and O–H groups in total. The summed E-state index contributed by atoms with van der Waals surface area (Å²) in [5, 5.41) is 33.8. The Morgan fingerprint density at radius 2 is 1.26 bits per heavy atom. The predicted molar refractivity (Wildman–Crippen MR) is 147 cm³/mol. The lowest BCUT2D eigenvalue weighted by Gasteiger charge is -2.34. The Bertz CT molecular complexity index is 1030. The molecule has 0 radical (unpaired) electrons. The predicted octanol–water partition coefficient (Wildman–Crippen LogP) is 4.05. The Balaban J connectivity index is 0.000000495. The van der Waals surface area contributed by atoms with E-state index in [4.69, 9.17) is 29.9 Å². The summed E-state index contributed by atoms with van der Waals surface area (Å²) >= 11 is 0. The van der Waals surface area contributed by atoms with Gasteiger partial charge in [-0.1, -0.05) is 60.7 Å². The first kappa shape index (κ1) is 33.5. The number of aliphatic hydroxyl groups is 1. The highest BCUT2D eigenvalue weighted by Crippen LogP contribution is 2.22. The maximum absolute atomic E-state index is 10.3. The molecule has 0 heterocycles. The molecule has 2 unspecified atom stereocenters. The number of aliphatic carboxylic acids is 3. The van der Waals surface area contributed by atoms with Crippen LogP contribution in [0.25, 0.3) is 11.6 Å². The number of rotatable bonds is 15. The van der Waals surface area contributed by atoms with Gasteiger partial charge < -0.3 is 29.9 Å². The second kappa shape index (κ2) is 17.1. The van der Waals surface area contributed by atoms with Gasteiger partial charge in [-0.15, -0.1) is 0 Å². The third-order valence-corrected chi connectivity index (χ3v) is 5.67. The van der Waals surface area contributed by atoms with Crippen molar-refractivity contribution >= 4 is 29.6 Å². The lowest BCUT2D eigenvalue weighted by Crippen LogP contribution is -2.44. The van der Waals surface area contributed by atoms with Crippen LogP contribution in [0.3, 0.4) is 0 Å². The maximum Gasteiger partial charge on any atom is 0.336 e. The van der Waals surface area contributed by atoms with E-state index in [1.54, 1.807) is 0 Å². The molecule has 0 spiro atoms. The van der Waals surface area contributed by atoms with E-state index in [-0.39, 0.29) is 12.5 Å². The van der Waals surface area contributed by atoms with Crippen LogP contribution in [-0.2, 0) is 23.9 Å². The van der Waals surface area contributed by atoms with Crippen molar-refractivity contribution in [3.63, 3.8) is 0 Å². The van der Waals surface area contributed by atoms with Crippen LogP contribution in [0.4, 0.5) is 0 Å². The molecule has 0 saturated heterocycles. The zero-order valence-corrected chi connectivity index (χ0v) is 22.8. The lowest BCUT2D eigenvalue weighted by molar-refractivity contribution is -0.170. The molecule has 0 aliphatic carbocycles. The number of hydrogen-bond acceptors (Lipinski definition) is 7. The number of carboxylic acids is 3. The van der Waals surface area contributed by atoms with Crippen LogP contribution in [-0.4, -0.2) is 81.0 Å². The summed E-state index contributed by atoms with van der Waals surface area (Å²) in [5.41, 5.74) is 0.917. The largest absolute Gasteiger partial charge is 0.481 e. The molecule has 2 rings (SSSR count). The summed E-state index contributed by atoms with van der Waals surface area (Å²) < 4.78 is 11.8. The van der Waals surface area contributed by atoms with Gasteiger partial charge in [-0.2, -0.15) is 0 Å². The van der Waals surface area contributed by atoms with E-state index in [0.29, 0.717) is 13.2 Å². The highest BCUT2D eigenvalue weighted by molar-refractivity contribution is 5.88. The van der Waals surface area contributed by atoms with Crippen molar-refractivity contribution in [1.82, 2.24) is 4.90 Å². The summed E-state index contributed by atoms with van der Waals surface area (Å²) in [5.74, 6) is -5.02. The van der Waals surface area contributed by atoms with Crippen molar-refractivity contribution in [2.24, 2.45) is 0 Å². The van der Waals surface area contributed by atoms with Crippen LogP contribution in [0.2, 0.25) is 0 Å². The van der Waals surface area contributed by atoms with E-state index in [9.17, 15) is 14.4 Å². The van der Waals surface area contributed by atoms with Crippen molar-refractivity contribution < 1.29 is 44.3 Å². The minimum atomic E-state index is -2.74. The average molecular weight is 546 g/mol. The molecule has 0 aliphatic rings. The fourth-order valence-electron chi connectivity index (χ4n) is 3.76. The van der Waals surface area contributed by atoms with Gasteiger partial charge in [0.2, 0.25) is 0 Å². The van der Waals surface area contributed by atoms with Crippen LogP contribution in [0, 0.1) is 0 Å². The highest BCUT2D eigenvalue weighted by atomic mass is 16.5. The van der Waals surface area contributed by atoms with Crippen molar-refractivity contribution in [3.05, 3.63) is 71.8 Å². The van der Waals surface area contributed by atoms with Crippen LogP contribution in [0.5, 0.6) is 0 Å². The van der Waals surface area contributed by atoms with Crippen molar-refractivity contribution in [1.29, 1.82) is 0 Å². The minimum absolute atomic E-state index is 0.0237. The molecule has 0 bridgehead atoms. The third kappa shape index (κ3) is 12.2. The summed E-state index contributed by atoms with van der Waals surface area (Å²) in [6.45, 7) is 10.3. The van der Waals surface area contributed by atoms with Gasteiger partial charge in [0.25, 0.3) is 0 Å². The first-order valence-electron chi connectivity index (χ1n) is 12.6.